The smallest absolute Gasteiger partial charge is 0.225 e. The summed E-state index contributed by atoms with van der Waals surface area (Å²) < 4.78 is 16.1. The first-order valence-electron chi connectivity index (χ1n) is 8.64. The molecular formula is C19H29NO4. The third-order valence-corrected chi connectivity index (χ3v) is 4.79. The maximum atomic E-state index is 12.5. The van der Waals surface area contributed by atoms with Crippen molar-refractivity contribution in [1.82, 2.24) is 4.90 Å². The van der Waals surface area contributed by atoms with Crippen molar-refractivity contribution in [3.8, 4) is 17.2 Å². The van der Waals surface area contributed by atoms with Crippen molar-refractivity contribution in [3.63, 3.8) is 0 Å². The van der Waals surface area contributed by atoms with Gasteiger partial charge in [-0.2, -0.15) is 0 Å². The molecule has 1 aliphatic carbocycles. The molecule has 2 rings (SSSR count). The van der Waals surface area contributed by atoms with E-state index in [1.54, 1.807) is 21.3 Å². The van der Waals surface area contributed by atoms with Crippen LogP contribution in [0.2, 0.25) is 0 Å². The maximum Gasteiger partial charge on any atom is 0.225 e. The molecule has 0 aromatic heterocycles. The third-order valence-electron chi connectivity index (χ3n) is 4.79. The van der Waals surface area contributed by atoms with Gasteiger partial charge in [-0.1, -0.05) is 19.3 Å². The van der Waals surface area contributed by atoms with Gasteiger partial charge in [0.1, 0.15) is 0 Å². The van der Waals surface area contributed by atoms with Crippen LogP contribution >= 0.6 is 0 Å². The zero-order valence-electron chi connectivity index (χ0n) is 15.3. The van der Waals surface area contributed by atoms with Crippen LogP contribution in [0, 0.1) is 5.92 Å². The number of benzene rings is 1. The fourth-order valence-corrected chi connectivity index (χ4v) is 3.35. The summed E-state index contributed by atoms with van der Waals surface area (Å²) in [7, 11) is 6.71. The molecule has 1 fully saturated rings. The molecule has 0 radical (unpaired) electrons. The van der Waals surface area contributed by atoms with Gasteiger partial charge in [0.05, 0.1) is 21.3 Å². The van der Waals surface area contributed by atoms with Gasteiger partial charge in [-0.25, -0.2) is 0 Å². The Bertz CT molecular complexity index is 527. The molecule has 1 aliphatic rings. The van der Waals surface area contributed by atoms with Gasteiger partial charge in [-0.05, 0) is 37.0 Å². The average Bonchev–Trinajstić information content (AvgIpc) is 2.65. The van der Waals surface area contributed by atoms with E-state index in [1.807, 2.05) is 24.1 Å². The van der Waals surface area contributed by atoms with E-state index in [0.717, 1.165) is 24.8 Å². The topological polar surface area (TPSA) is 48.0 Å². The van der Waals surface area contributed by atoms with Crippen molar-refractivity contribution in [2.45, 2.75) is 38.5 Å². The summed E-state index contributed by atoms with van der Waals surface area (Å²) in [5.41, 5.74) is 1.06. The number of nitrogens with zero attached hydrogens (tertiary/aromatic N) is 1. The largest absolute Gasteiger partial charge is 0.493 e. The molecule has 1 aromatic carbocycles. The second kappa shape index (κ2) is 8.81. The van der Waals surface area contributed by atoms with Crippen molar-refractivity contribution >= 4 is 5.91 Å². The first-order valence-corrected chi connectivity index (χ1v) is 8.64. The highest BCUT2D eigenvalue weighted by molar-refractivity contribution is 5.78. The van der Waals surface area contributed by atoms with Gasteiger partial charge in [0.2, 0.25) is 11.7 Å². The molecule has 0 heterocycles. The minimum atomic E-state index is 0.212. The molecule has 0 N–H and O–H groups in total. The summed E-state index contributed by atoms with van der Waals surface area (Å²) in [5.74, 6) is 2.38. The highest BCUT2D eigenvalue weighted by Crippen LogP contribution is 2.38. The molecule has 134 valence electrons. The Morgan fingerprint density at radius 1 is 1.04 bits per heavy atom. The lowest BCUT2D eigenvalue weighted by Gasteiger charge is -2.26. The van der Waals surface area contributed by atoms with Crippen LogP contribution in [0.4, 0.5) is 0 Å². The fraction of sp³-hybridized carbons (Fsp3) is 0.632. The van der Waals surface area contributed by atoms with Gasteiger partial charge in [0.25, 0.3) is 0 Å². The molecule has 5 nitrogen and oxygen atoms in total. The number of rotatable bonds is 7. The van der Waals surface area contributed by atoms with Crippen LogP contribution in [0.5, 0.6) is 17.2 Å². The predicted octanol–water partition coefficient (Wildman–Crippen LogP) is 3.29. The first kappa shape index (κ1) is 18.4. The molecule has 0 atom stereocenters. The Balaban J connectivity index is 2.01. The van der Waals surface area contributed by atoms with Crippen molar-refractivity contribution in [2.75, 3.05) is 34.9 Å². The van der Waals surface area contributed by atoms with E-state index in [1.165, 1.54) is 19.3 Å². The van der Waals surface area contributed by atoms with Gasteiger partial charge in [-0.3, -0.25) is 4.79 Å². The summed E-state index contributed by atoms with van der Waals surface area (Å²) in [5, 5.41) is 0. The molecule has 1 saturated carbocycles. The minimum absolute atomic E-state index is 0.212. The van der Waals surface area contributed by atoms with Crippen LogP contribution in [-0.2, 0) is 11.2 Å². The SMILES string of the molecule is COc1cc(CCN(C)C(=O)C2CCCCC2)cc(OC)c1OC. The zero-order valence-corrected chi connectivity index (χ0v) is 15.3. The molecule has 1 amide bonds. The Morgan fingerprint density at radius 3 is 2.12 bits per heavy atom. The molecule has 0 unspecified atom stereocenters. The lowest BCUT2D eigenvalue weighted by atomic mass is 9.88. The van der Waals surface area contributed by atoms with Gasteiger partial charge < -0.3 is 19.1 Å². The summed E-state index contributed by atoms with van der Waals surface area (Å²) in [6.45, 7) is 0.688. The highest BCUT2D eigenvalue weighted by atomic mass is 16.5. The van der Waals surface area contributed by atoms with Crippen molar-refractivity contribution in [1.29, 1.82) is 0 Å². The molecule has 1 aromatic rings. The van der Waals surface area contributed by atoms with Crippen LogP contribution in [0.15, 0.2) is 12.1 Å². The molecule has 0 saturated heterocycles. The van der Waals surface area contributed by atoms with E-state index in [9.17, 15) is 4.79 Å². The molecule has 0 aliphatic heterocycles. The Labute approximate surface area is 144 Å². The third kappa shape index (κ3) is 4.34. The average molecular weight is 335 g/mol. The quantitative estimate of drug-likeness (QED) is 0.767. The monoisotopic (exact) mass is 335 g/mol. The molecule has 0 bridgehead atoms. The first-order chi connectivity index (χ1) is 11.6. The van der Waals surface area contributed by atoms with Gasteiger partial charge >= 0.3 is 0 Å². The summed E-state index contributed by atoms with van der Waals surface area (Å²) in [4.78, 5) is 14.4. The second-order valence-electron chi connectivity index (χ2n) is 6.38. The number of likely N-dealkylation sites (N-methyl/N-ethyl adjacent to an activating group) is 1. The van der Waals surface area contributed by atoms with Crippen molar-refractivity contribution < 1.29 is 19.0 Å². The Hall–Kier alpha value is -1.91. The fourth-order valence-electron chi connectivity index (χ4n) is 3.35. The number of hydrogen-bond donors (Lipinski definition) is 0. The Kier molecular flexibility index (Phi) is 6.76. The lowest BCUT2D eigenvalue weighted by molar-refractivity contribution is -0.135. The van der Waals surface area contributed by atoms with Crippen LogP contribution < -0.4 is 14.2 Å². The van der Waals surface area contributed by atoms with E-state index in [-0.39, 0.29) is 11.8 Å². The molecule has 0 spiro atoms. The Morgan fingerprint density at radius 2 is 1.62 bits per heavy atom. The number of methoxy groups -OCH3 is 3. The second-order valence-corrected chi connectivity index (χ2v) is 6.38. The van der Waals surface area contributed by atoms with E-state index in [4.69, 9.17) is 14.2 Å². The molecule has 24 heavy (non-hydrogen) atoms. The van der Waals surface area contributed by atoms with Crippen molar-refractivity contribution in [3.05, 3.63) is 17.7 Å². The van der Waals surface area contributed by atoms with Gasteiger partial charge in [0.15, 0.2) is 11.5 Å². The zero-order chi connectivity index (χ0) is 17.5. The number of hydrogen-bond acceptors (Lipinski definition) is 4. The number of ether oxygens (including phenoxy) is 3. The number of carbonyl (C=O) groups is 1. The summed E-state index contributed by atoms with van der Waals surface area (Å²) in [6, 6.07) is 3.89. The summed E-state index contributed by atoms with van der Waals surface area (Å²) in [6.07, 6.45) is 6.44. The van der Waals surface area contributed by atoms with Crippen LogP contribution in [0.1, 0.15) is 37.7 Å². The number of carbonyl (C=O) groups excluding carboxylic acids is 1. The minimum Gasteiger partial charge on any atom is -0.493 e. The van der Waals surface area contributed by atoms with Gasteiger partial charge in [-0.15, -0.1) is 0 Å². The standard InChI is InChI=1S/C19H29NO4/c1-20(19(21)15-8-6-5-7-9-15)11-10-14-12-16(22-2)18(24-4)17(13-14)23-3/h12-13,15H,5-11H2,1-4H3. The van der Waals surface area contributed by atoms with Crippen LogP contribution in [-0.4, -0.2) is 45.7 Å². The van der Waals surface area contributed by atoms with Crippen molar-refractivity contribution in [2.24, 2.45) is 5.92 Å². The highest BCUT2D eigenvalue weighted by Gasteiger charge is 2.24. The van der Waals surface area contributed by atoms with Gasteiger partial charge in [0, 0.05) is 19.5 Å². The lowest BCUT2D eigenvalue weighted by Crippen LogP contribution is -2.35. The van der Waals surface area contributed by atoms with Crippen LogP contribution in [0.25, 0.3) is 0 Å². The molecule has 5 heteroatoms. The number of amides is 1. The van der Waals surface area contributed by atoms with Crippen LogP contribution in [0.3, 0.4) is 0 Å². The van der Waals surface area contributed by atoms with E-state index in [0.29, 0.717) is 23.8 Å². The van der Waals surface area contributed by atoms with E-state index in [2.05, 4.69) is 0 Å². The normalized spacial score (nSPS) is 15.0. The predicted molar refractivity (Wildman–Crippen MR) is 94.0 cm³/mol. The maximum absolute atomic E-state index is 12.5. The summed E-state index contributed by atoms with van der Waals surface area (Å²) >= 11 is 0. The molecular weight excluding hydrogens is 306 g/mol. The van der Waals surface area contributed by atoms with E-state index < -0.39 is 0 Å². The van der Waals surface area contributed by atoms with E-state index >= 15 is 0 Å².